The van der Waals surface area contributed by atoms with E-state index in [1.165, 1.54) is 33.3 Å². The summed E-state index contributed by atoms with van der Waals surface area (Å²) in [6.07, 6.45) is 3.71. The molecule has 2 aliphatic heterocycles. The minimum Gasteiger partial charge on any atom is -0.445 e. The van der Waals surface area contributed by atoms with E-state index in [2.05, 4.69) is 5.32 Å². The number of carbonyl (C=O) groups is 6. The lowest BCUT2D eigenvalue weighted by Gasteiger charge is -2.43. The van der Waals surface area contributed by atoms with Crippen LogP contribution in [-0.4, -0.2) is 131 Å². The van der Waals surface area contributed by atoms with Crippen molar-refractivity contribution in [3.63, 3.8) is 0 Å². The van der Waals surface area contributed by atoms with Crippen molar-refractivity contribution in [1.29, 1.82) is 0 Å². The number of halogens is 3. The maximum absolute atomic E-state index is 14.9. The second-order valence-electron chi connectivity index (χ2n) is 21.4. The molecule has 4 fully saturated rings. The summed E-state index contributed by atoms with van der Waals surface area (Å²) in [6, 6.07) is 30.2. The molecule has 16 nitrogen and oxygen atoms in total. The highest BCUT2D eigenvalue weighted by Gasteiger charge is 2.40. The topological polar surface area (TPSA) is 168 Å². The first kappa shape index (κ1) is 59.3. The Labute approximate surface area is 455 Å². The van der Waals surface area contributed by atoms with Crippen LogP contribution in [0.3, 0.4) is 0 Å². The van der Waals surface area contributed by atoms with Crippen molar-refractivity contribution < 1.29 is 56.5 Å². The zero-order valence-electron chi connectivity index (χ0n) is 45.0. The number of piperazine rings is 2. The maximum Gasteiger partial charge on any atom is 0.410 e. The molecule has 4 aromatic rings. The van der Waals surface area contributed by atoms with Gasteiger partial charge in [0.1, 0.15) is 36.1 Å². The molecule has 4 aromatic carbocycles. The van der Waals surface area contributed by atoms with E-state index in [4.69, 9.17) is 30.5 Å². The molecule has 2 aliphatic carbocycles. The second-order valence-corrected chi connectivity index (χ2v) is 21.8. The summed E-state index contributed by atoms with van der Waals surface area (Å²) >= 11 is 5.14. The summed E-state index contributed by atoms with van der Waals surface area (Å²) in [4.78, 5) is 82.8. The van der Waals surface area contributed by atoms with E-state index in [1.54, 1.807) is 87.7 Å². The zero-order valence-corrected chi connectivity index (χ0v) is 45.7. The van der Waals surface area contributed by atoms with Gasteiger partial charge in [0.05, 0.1) is 23.5 Å². The van der Waals surface area contributed by atoms with Gasteiger partial charge in [-0.15, -0.1) is 0 Å². The molecule has 19 heteroatoms. The van der Waals surface area contributed by atoms with E-state index in [9.17, 15) is 37.5 Å². The summed E-state index contributed by atoms with van der Waals surface area (Å²) in [6.45, 7) is 12.7. The standard InChI is InChI=1S/C29H36FN3O5.C24H30FN3O4.C5H7ClO/c1-29(2,3)38-27(35)31-16-17-32(28(36)37-20-21-10-5-4-6-11-21)23(18-31)19-33(26(34)22-12-9-13-22)25-15-8-7-14-24(25)30;1-24(2,3)32-22(29)27-13-14-28(23(30)31-17-18-9-5-4-6-10-18)19(16-27)15-26-21-12-8-7-11-20(21)25;6-5(7)4-2-1-3-4/h4-8,10-11,14-15,22-23H,9,12-13,16-20H2,1-3H3;4-12,19,26H,13-17H2,1-3H3;4H,1-3H2. The Morgan fingerprint density at radius 3 is 1.44 bits per heavy atom. The first-order valence-corrected chi connectivity index (χ1v) is 26.7. The van der Waals surface area contributed by atoms with Crippen LogP contribution in [0.15, 0.2) is 109 Å². The van der Waals surface area contributed by atoms with Crippen LogP contribution < -0.4 is 10.2 Å². The number of para-hydroxylation sites is 2. The molecule has 2 atom stereocenters. The molecule has 4 aliphatic rings. The van der Waals surface area contributed by atoms with E-state index in [0.717, 1.165) is 43.2 Å². The highest BCUT2D eigenvalue weighted by Crippen LogP contribution is 2.32. The summed E-state index contributed by atoms with van der Waals surface area (Å²) < 4.78 is 51.1. The molecule has 0 spiro atoms. The minimum absolute atomic E-state index is 0.0238. The molecule has 5 amide bonds. The van der Waals surface area contributed by atoms with Gasteiger partial charge in [0.15, 0.2) is 0 Å². The third-order valence-electron chi connectivity index (χ3n) is 13.2. The van der Waals surface area contributed by atoms with E-state index in [0.29, 0.717) is 12.2 Å². The quantitative estimate of drug-likeness (QED) is 0.106. The molecule has 2 unspecified atom stereocenters. The van der Waals surface area contributed by atoms with Crippen molar-refractivity contribution in [2.75, 3.05) is 62.6 Å². The van der Waals surface area contributed by atoms with Gasteiger partial charge in [0.2, 0.25) is 11.1 Å². The number of rotatable bonds is 12. The van der Waals surface area contributed by atoms with Gasteiger partial charge >= 0.3 is 24.4 Å². The normalized spacial score (nSPS) is 17.6. The van der Waals surface area contributed by atoms with Gasteiger partial charge in [-0.3, -0.25) is 19.4 Å². The van der Waals surface area contributed by atoms with Gasteiger partial charge in [-0.1, -0.05) is 97.8 Å². The fraction of sp³-hybridized carbons (Fsp3) is 0.483. The molecule has 8 rings (SSSR count). The lowest BCUT2D eigenvalue weighted by molar-refractivity contribution is -0.125. The molecule has 77 heavy (non-hydrogen) atoms. The van der Waals surface area contributed by atoms with Crippen LogP contribution in [0, 0.1) is 23.5 Å². The maximum atomic E-state index is 14.9. The molecule has 0 aromatic heterocycles. The smallest absolute Gasteiger partial charge is 0.410 e. The average molecular weight is 1090 g/mol. The second kappa shape index (κ2) is 27.9. The summed E-state index contributed by atoms with van der Waals surface area (Å²) in [5, 5.41) is 2.90. The number of carbonyl (C=O) groups excluding carboxylic acids is 6. The molecule has 2 saturated carbocycles. The summed E-state index contributed by atoms with van der Waals surface area (Å²) in [5.41, 5.74) is 0.921. The third-order valence-corrected chi connectivity index (χ3v) is 13.5. The van der Waals surface area contributed by atoms with Crippen LogP contribution in [-0.2, 0) is 41.8 Å². The van der Waals surface area contributed by atoms with Gasteiger partial charge < -0.3 is 39.0 Å². The van der Waals surface area contributed by atoms with Crippen molar-refractivity contribution in [3.8, 4) is 0 Å². The van der Waals surface area contributed by atoms with Gasteiger partial charge in [-0.2, -0.15) is 0 Å². The van der Waals surface area contributed by atoms with Crippen molar-refractivity contribution in [3.05, 3.63) is 132 Å². The van der Waals surface area contributed by atoms with E-state index in [1.807, 2.05) is 60.7 Å². The van der Waals surface area contributed by atoms with Crippen LogP contribution in [0.25, 0.3) is 0 Å². The van der Waals surface area contributed by atoms with E-state index >= 15 is 0 Å². The lowest BCUT2D eigenvalue weighted by Crippen LogP contribution is -2.61. The Morgan fingerprint density at radius 1 is 0.571 bits per heavy atom. The zero-order chi connectivity index (χ0) is 55.7. The fourth-order valence-corrected chi connectivity index (χ4v) is 8.86. The Balaban J connectivity index is 0.000000223. The molecule has 1 N–H and O–H groups in total. The van der Waals surface area contributed by atoms with Crippen molar-refractivity contribution in [1.82, 2.24) is 19.6 Å². The molecule has 2 heterocycles. The Bertz CT molecular complexity index is 2600. The molecule has 0 radical (unpaired) electrons. The monoisotopic (exact) mass is 1090 g/mol. The minimum atomic E-state index is -0.683. The van der Waals surface area contributed by atoms with Crippen molar-refractivity contribution >= 4 is 58.5 Å². The number of amides is 5. The van der Waals surface area contributed by atoms with Gasteiger partial charge in [0.25, 0.3) is 0 Å². The Kier molecular flexibility index (Phi) is 21.5. The lowest BCUT2D eigenvalue weighted by atomic mass is 9.84. The highest BCUT2D eigenvalue weighted by molar-refractivity contribution is 6.64. The van der Waals surface area contributed by atoms with Crippen molar-refractivity contribution in [2.45, 2.75) is 117 Å². The SMILES string of the molecule is CC(C)(C)OC(=O)N1CCN(C(=O)OCc2ccccc2)C(CN(C(=O)C2CCC2)c2ccccc2F)C1.CC(C)(C)OC(=O)N1CCN(C(=O)OCc2ccccc2)C(CNc2ccccc2F)C1.O=C(Cl)C1CCC1. The number of hydrogen-bond donors (Lipinski definition) is 1. The van der Waals surface area contributed by atoms with Crippen LogP contribution in [0.2, 0.25) is 0 Å². The highest BCUT2D eigenvalue weighted by atomic mass is 35.5. The number of nitrogens with one attached hydrogen (secondary N) is 1. The fourth-order valence-electron chi connectivity index (χ4n) is 8.64. The van der Waals surface area contributed by atoms with Crippen molar-refractivity contribution in [2.24, 2.45) is 11.8 Å². The number of benzene rings is 4. The Morgan fingerprint density at radius 2 is 1.01 bits per heavy atom. The summed E-state index contributed by atoms with van der Waals surface area (Å²) in [7, 11) is 0. The molecule has 0 bridgehead atoms. The van der Waals surface area contributed by atoms with E-state index in [-0.39, 0.29) is 93.5 Å². The summed E-state index contributed by atoms with van der Waals surface area (Å²) in [5.74, 6) is -1.04. The molecule has 2 saturated heterocycles. The Hall–Kier alpha value is -6.95. The predicted octanol–water partition coefficient (Wildman–Crippen LogP) is 11.3. The average Bonchev–Trinajstić information content (AvgIpc) is 3.35. The van der Waals surface area contributed by atoms with Crippen LogP contribution in [0.1, 0.15) is 91.2 Å². The largest absolute Gasteiger partial charge is 0.445 e. The number of hydrogen-bond acceptors (Lipinski definition) is 11. The number of ether oxygens (including phenoxy) is 4. The van der Waals surface area contributed by atoms with Crippen LogP contribution >= 0.6 is 11.6 Å². The first-order chi connectivity index (χ1) is 36.7. The van der Waals surface area contributed by atoms with Gasteiger partial charge in [0, 0.05) is 64.2 Å². The van der Waals surface area contributed by atoms with Gasteiger partial charge in [-0.25, -0.2) is 28.0 Å². The van der Waals surface area contributed by atoms with Gasteiger partial charge in [-0.05, 0) is 114 Å². The van der Waals surface area contributed by atoms with Crippen LogP contribution in [0.5, 0.6) is 0 Å². The molecular weight excluding hydrogens is 1010 g/mol. The predicted molar refractivity (Wildman–Crippen MR) is 289 cm³/mol. The third kappa shape index (κ3) is 18.4. The first-order valence-electron chi connectivity index (χ1n) is 26.3. The van der Waals surface area contributed by atoms with E-state index < -0.39 is 53.5 Å². The molecular formula is C58H73ClF2N6O10. The molecule has 416 valence electrons. The number of anilines is 2. The number of nitrogens with zero attached hydrogens (tertiary/aromatic N) is 5. The van der Waals surface area contributed by atoms with Crippen LogP contribution in [0.4, 0.5) is 39.3 Å².